The molecule has 0 saturated carbocycles. The fourth-order valence-corrected chi connectivity index (χ4v) is 2.47. The second-order valence-electron chi connectivity index (χ2n) is 4.75. The van der Waals surface area contributed by atoms with E-state index in [2.05, 4.69) is 5.10 Å². The van der Waals surface area contributed by atoms with Crippen LogP contribution in [0.25, 0.3) is 10.8 Å². The molecular formula is C16H16N2O2. The van der Waals surface area contributed by atoms with E-state index in [1.807, 2.05) is 49.6 Å². The summed E-state index contributed by atoms with van der Waals surface area (Å²) < 4.78 is 7.06. The predicted molar refractivity (Wildman–Crippen MR) is 77.8 cm³/mol. The average Bonchev–Trinajstić information content (AvgIpc) is 2.92. The summed E-state index contributed by atoms with van der Waals surface area (Å²) in [6, 6.07) is 11.7. The van der Waals surface area contributed by atoms with Crippen molar-refractivity contribution in [2.24, 2.45) is 7.05 Å². The molecule has 0 aliphatic heterocycles. The zero-order valence-corrected chi connectivity index (χ0v) is 11.4. The molecule has 0 radical (unpaired) electrons. The van der Waals surface area contributed by atoms with E-state index in [0.717, 1.165) is 27.6 Å². The Kier molecular flexibility index (Phi) is 3.16. The Bertz CT molecular complexity index is 749. The van der Waals surface area contributed by atoms with Crippen LogP contribution < -0.4 is 4.74 Å². The average molecular weight is 268 g/mol. The molecule has 2 aromatic carbocycles. The van der Waals surface area contributed by atoms with Crippen molar-refractivity contribution in [1.29, 1.82) is 0 Å². The summed E-state index contributed by atoms with van der Waals surface area (Å²) in [6.07, 6.45) is 2.81. The first-order valence-corrected chi connectivity index (χ1v) is 6.43. The standard InChI is InChI=1S/C16H16N2O2/c1-18-10-11(9-17-18)16(19)14-7-8-15(20-2)13-6-4-3-5-12(13)14/h3-10,16,19H,1-2H3. The Morgan fingerprint density at radius 3 is 2.55 bits per heavy atom. The van der Waals surface area contributed by atoms with Gasteiger partial charge in [-0.25, -0.2) is 0 Å². The third-order valence-corrected chi connectivity index (χ3v) is 3.47. The molecule has 4 heteroatoms. The van der Waals surface area contributed by atoms with E-state index in [1.54, 1.807) is 18.0 Å². The maximum atomic E-state index is 10.6. The van der Waals surface area contributed by atoms with Gasteiger partial charge in [-0.1, -0.05) is 30.3 Å². The summed E-state index contributed by atoms with van der Waals surface area (Å²) >= 11 is 0. The number of aryl methyl sites for hydroxylation is 1. The van der Waals surface area contributed by atoms with E-state index >= 15 is 0 Å². The fourth-order valence-electron chi connectivity index (χ4n) is 2.47. The molecule has 4 nitrogen and oxygen atoms in total. The number of nitrogens with zero attached hydrogens (tertiary/aromatic N) is 2. The minimum absolute atomic E-state index is 0.695. The number of ether oxygens (including phenoxy) is 1. The summed E-state index contributed by atoms with van der Waals surface area (Å²) in [7, 11) is 3.49. The van der Waals surface area contributed by atoms with Crippen molar-refractivity contribution in [3.8, 4) is 5.75 Å². The normalized spacial score (nSPS) is 12.6. The maximum Gasteiger partial charge on any atom is 0.126 e. The highest BCUT2D eigenvalue weighted by molar-refractivity contribution is 5.91. The molecule has 0 amide bonds. The fraction of sp³-hybridized carbons (Fsp3) is 0.188. The van der Waals surface area contributed by atoms with Gasteiger partial charge in [0.1, 0.15) is 11.9 Å². The first kappa shape index (κ1) is 12.7. The van der Waals surface area contributed by atoms with Crippen LogP contribution in [0.4, 0.5) is 0 Å². The molecule has 0 bridgehead atoms. The van der Waals surface area contributed by atoms with Crippen molar-refractivity contribution in [3.63, 3.8) is 0 Å². The van der Waals surface area contributed by atoms with Gasteiger partial charge in [0.2, 0.25) is 0 Å². The summed E-state index contributed by atoms with van der Waals surface area (Å²) in [6.45, 7) is 0. The number of benzene rings is 2. The van der Waals surface area contributed by atoms with Gasteiger partial charge in [0.25, 0.3) is 0 Å². The molecule has 1 aromatic heterocycles. The first-order valence-electron chi connectivity index (χ1n) is 6.43. The van der Waals surface area contributed by atoms with E-state index in [1.165, 1.54) is 0 Å². The van der Waals surface area contributed by atoms with E-state index in [0.29, 0.717) is 0 Å². The Morgan fingerprint density at radius 1 is 1.15 bits per heavy atom. The van der Waals surface area contributed by atoms with Crippen LogP contribution in [0, 0.1) is 0 Å². The summed E-state index contributed by atoms with van der Waals surface area (Å²) in [4.78, 5) is 0. The highest BCUT2D eigenvalue weighted by Crippen LogP contribution is 2.33. The Hall–Kier alpha value is -2.33. The predicted octanol–water partition coefficient (Wildman–Crippen LogP) is 2.66. The molecular weight excluding hydrogens is 252 g/mol. The quantitative estimate of drug-likeness (QED) is 0.794. The first-order chi connectivity index (χ1) is 9.70. The monoisotopic (exact) mass is 268 g/mol. The Labute approximate surface area is 117 Å². The van der Waals surface area contributed by atoms with Gasteiger partial charge < -0.3 is 9.84 Å². The number of aliphatic hydroxyl groups excluding tert-OH is 1. The zero-order chi connectivity index (χ0) is 14.1. The Morgan fingerprint density at radius 2 is 1.90 bits per heavy atom. The van der Waals surface area contributed by atoms with Crippen LogP contribution in [-0.2, 0) is 7.05 Å². The molecule has 0 saturated heterocycles. The lowest BCUT2D eigenvalue weighted by Gasteiger charge is -2.14. The van der Waals surface area contributed by atoms with Crippen LogP contribution in [0.5, 0.6) is 5.75 Å². The van der Waals surface area contributed by atoms with Crippen molar-refractivity contribution >= 4 is 10.8 Å². The number of aliphatic hydroxyl groups is 1. The van der Waals surface area contributed by atoms with Crippen molar-refractivity contribution in [1.82, 2.24) is 9.78 Å². The second kappa shape index (κ2) is 4.98. The number of aromatic nitrogens is 2. The van der Waals surface area contributed by atoms with Gasteiger partial charge in [0, 0.05) is 24.2 Å². The molecule has 3 rings (SSSR count). The molecule has 0 aliphatic rings. The van der Waals surface area contributed by atoms with Crippen LogP contribution in [0.15, 0.2) is 48.8 Å². The topological polar surface area (TPSA) is 47.3 Å². The van der Waals surface area contributed by atoms with Crippen molar-refractivity contribution in [2.75, 3.05) is 7.11 Å². The zero-order valence-electron chi connectivity index (χ0n) is 11.4. The molecule has 0 fully saturated rings. The molecule has 102 valence electrons. The van der Waals surface area contributed by atoms with E-state index in [-0.39, 0.29) is 0 Å². The van der Waals surface area contributed by atoms with Gasteiger partial charge in [0.15, 0.2) is 0 Å². The second-order valence-corrected chi connectivity index (χ2v) is 4.75. The number of methoxy groups -OCH3 is 1. The number of fused-ring (bicyclic) bond motifs is 1. The van der Waals surface area contributed by atoms with Crippen LogP contribution in [0.2, 0.25) is 0 Å². The SMILES string of the molecule is COc1ccc(C(O)c2cnn(C)c2)c2ccccc12. The van der Waals surface area contributed by atoms with Crippen LogP contribution in [0.1, 0.15) is 17.2 Å². The number of hydrogen-bond acceptors (Lipinski definition) is 3. The molecule has 1 unspecified atom stereocenters. The summed E-state index contributed by atoms with van der Waals surface area (Å²) in [5.41, 5.74) is 1.64. The van der Waals surface area contributed by atoms with Crippen LogP contribution >= 0.6 is 0 Å². The lowest BCUT2D eigenvalue weighted by molar-refractivity contribution is 0.221. The van der Waals surface area contributed by atoms with Gasteiger partial charge in [-0.2, -0.15) is 5.10 Å². The van der Waals surface area contributed by atoms with E-state index in [9.17, 15) is 5.11 Å². The molecule has 1 N–H and O–H groups in total. The van der Waals surface area contributed by atoms with Crippen molar-refractivity contribution in [3.05, 3.63) is 59.9 Å². The molecule has 1 heterocycles. The molecule has 20 heavy (non-hydrogen) atoms. The van der Waals surface area contributed by atoms with Crippen molar-refractivity contribution < 1.29 is 9.84 Å². The van der Waals surface area contributed by atoms with E-state index < -0.39 is 6.10 Å². The molecule has 0 spiro atoms. The highest BCUT2D eigenvalue weighted by Gasteiger charge is 2.16. The largest absolute Gasteiger partial charge is 0.496 e. The van der Waals surface area contributed by atoms with Gasteiger partial charge in [-0.3, -0.25) is 4.68 Å². The Balaban J connectivity index is 2.17. The third-order valence-electron chi connectivity index (χ3n) is 3.47. The van der Waals surface area contributed by atoms with Crippen LogP contribution in [-0.4, -0.2) is 22.0 Å². The molecule has 0 aliphatic carbocycles. The third kappa shape index (κ3) is 2.04. The minimum Gasteiger partial charge on any atom is -0.496 e. The molecule has 3 aromatic rings. The summed E-state index contributed by atoms with van der Waals surface area (Å²) in [5.74, 6) is 0.808. The lowest BCUT2D eigenvalue weighted by Crippen LogP contribution is -2.00. The van der Waals surface area contributed by atoms with Crippen LogP contribution in [0.3, 0.4) is 0 Å². The van der Waals surface area contributed by atoms with Gasteiger partial charge in [0.05, 0.1) is 13.3 Å². The number of hydrogen-bond donors (Lipinski definition) is 1. The number of rotatable bonds is 3. The van der Waals surface area contributed by atoms with Gasteiger partial charge in [-0.15, -0.1) is 0 Å². The lowest BCUT2D eigenvalue weighted by atomic mass is 9.97. The van der Waals surface area contributed by atoms with E-state index in [4.69, 9.17) is 4.74 Å². The van der Waals surface area contributed by atoms with Gasteiger partial charge in [-0.05, 0) is 17.0 Å². The summed E-state index contributed by atoms with van der Waals surface area (Å²) in [5, 5.41) is 16.7. The van der Waals surface area contributed by atoms with Gasteiger partial charge >= 0.3 is 0 Å². The highest BCUT2D eigenvalue weighted by atomic mass is 16.5. The smallest absolute Gasteiger partial charge is 0.126 e. The maximum absolute atomic E-state index is 10.6. The van der Waals surface area contributed by atoms with Crippen molar-refractivity contribution in [2.45, 2.75) is 6.10 Å². The molecule has 1 atom stereocenters. The minimum atomic E-state index is -0.695.